The van der Waals surface area contributed by atoms with Gasteiger partial charge in [0.25, 0.3) is 0 Å². The van der Waals surface area contributed by atoms with Crippen LogP contribution in [0.4, 0.5) is 0 Å². The SMILES string of the molecule is CC(C)c1ccc(Sc2ccccc2CNC2CC2)cc1. The summed E-state index contributed by atoms with van der Waals surface area (Å²) in [4.78, 5) is 2.68. The first-order valence-corrected chi connectivity index (χ1v) is 8.63. The van der Waals surface area contributed by atoms with Gasteiger partial charge in [-0.1, -0.05) is 55.9 Å². The van der Waals surface area contributed by atoms with E-state index in [1.165, 1.54) is 33.8 Å². The minimum absolute atomic E-state index is 0.596. The smallest absolute Gasteiger partial charge is 0.0219 e. The molecular weight excluding hydrogens is 274 g/mol. The summed E-state index contributed by atoms with van der Waals surface area (Å²) in [5, 5.41) is 3.61. The lowest BCUT2D eigenvalue weighted by molar-refractivity contribution is 0.680. The Kier molecular flexibility index (Phi) is 4.67. The highest BCUT2D eigenvalue weighted by atomic mass is 32.2. The van der Waals surface area contributed by atoms with Gasteiger partial charge in [0.1, 0.15) is 0 Å². The lowest BCUT2D eigenvalue weighted by Gasteiger charge is -2.11. The third kappa shape index (κ3) is 4.12. The maximum Gasteiger partial charge on any atom is 0.0219 e. The maximum atomic E-state index is 3.61. The highest BCUT2D eigenvalue weighted by molar-refractivity contribution is 7.99. The molecule has 0 aromatic heterocycles. The molecule has 0 aliphatic heterocycles. The van der Waals surface area contributed by atoms with E-state index in [1.54, 1.807) is 0 Å². The first kappa shape index (κ1) is 14.7. The van der Waals surface area contributed by atoms with Crippen molar-refractivity contribution in [3.63, 3.8) is 0 Å². The molecule has 0 spiro atoms. The molecule has 2 heteroatoms. The van der Waals surface area contributed by atoms with Gasteiger partial charge in [0.2, 0.25) is 0 Å². The molecule has 21 heavy (non-hydrogen) atoms. The number of hydrogen-bond donors (Lipinski definition) is 1. The molecule has 2 aromatic rings. The standard InChI is InChI=1S/C19H23NS/c1-14(2)15-7-11-18(12-8-15)21-19-6-4-3-5-16(19)13-20-17-9-10-17/h3-8,11-12,14,17,20H,9-10,13H2,1-2H3. The van der Waals surface area contributed by atoms with E-state index in [-0.39, 0.29) is 0 Å². The minimum atomic E-state index is 0.596. The maximum absolute atomic E-state index is 3.61. The first-order chi connectivity index (χ1) is 10.2. The van der Waals surface area contributed by atoms with E-state index in [9.17, 15) is 0 Å². The van der Waals surface area contributed by atoms with Crippen molar-refractivity contribution < 1.29 is 0 Å². The van der Waals surface area contributed by atoms with E-state index in [2.05, 4.69) is 67.7 Å². The molecule has 1 N–H and O–H groups in total. The Hall–Kier alpha value is -1.25. The molecule has 110 valence electrons. The fourth-order valence-corrected chi connectivity index (χ4v) is 3.28. The van der Waals surface area contributed by atoms with Gasteiger partial charge in [0.15, 0.2) is 0 Å². The molecule has 3 rings (SSSR count). The van der Waals surface area contributed by atoms with Crippen LogP contribution in [0.2, 0.25) is 0 Å². The fourth-order valence-electron chi connectivity index (χ4n) is 2.34. The molecule has 0 bridgehead atoms. The summed E-state index contributed by atoms with van der Waals surface area (Å²) < 4.78 is 0. The van der Waals surface area contributed by atoms with Crippen molar-refractivity contribution in [3.05, 3.63) is 59.7 Å². The van der Waals surface area contributed by atoms with Crippen LogP contribution in [0, 0.1) is 0 Å². The summed E-state index contributed by atoms with van der Waals surface area (Å²) in [6.45, 7) is 5.46. The molecule has 1 aliphatic carbocycles. The fraction of sp³-hybridized carbons (Fsp3) is 0.368. The molecule has 1 nitrogen and oxygen atoms in total. The third-order valence-electron chi connectivity index (χ3n) is 3.91. The second-order valence-corrected chi connectivity index (χ2v) is 7.20. The van der Waals surface area contributed by atoms with Crippen LogP contribution in [-0.4, -0.2) is 6.04 Å². The lowest BCUT2D eigenvalue weighted by Crippen LogP contribution is -2.15. The normalized spacial score (nSPS) is 14.6. The van der Waals surface area contributed by atoms with Crippen LogP contribution in [0.3, 0.4) is 0 Å². The Morgan fingerprint density at radius 3 is 2.43 bits per heavy atom. The van der Waals surface area contributed by atoms with Crippen molar-refractivity contribution in [1.82, 2.24) is 5.32 Å². The number of benzene rings is 2. The molecule has 1 aliphatic rings. The predicted molar refractivity (Wildman–Crippen MR) is 91.0 cm³/mol. The predicted octanol–water partition coefficient (Wildman–Crippen LogP) is 5.21. The topological polar surface area (TPSA) is 12.0 Å². The Morgan fingerprint density at radius 1 is 1.05 bits per heavy atom. The van der Waals surface area contributed by atoms with Gasteiger partial charge in [-0.3, -0.25) is 0 Å². The molecule has 0 atom stereocenters. The highest BCUT2D eigenvalue weighted by Crippen LogP contribution is 2.32. The minimum Gasteiger partial charge on any atom is -0.310 e. The summed E-state index contributed by atoms with van der Waals surface area (Å²) in [5.74, 6) is 0.596. The summed E-state index contributed by atoms with van der Waals surface area (Å²) in [5.41, 5.74) is 2.81. The van der Waals surface area contributed by atoms with E-state index in [0.29, 0.717) is 5.92 Å². The average molecular weight is 297 g/mol. The summed E-state index contributed by atoms with van der Waals surface area (Å²) >= 11 is 1.87. The first-order valence-electron chi connectivity index (χ1n) is 7.81. The van der Waals surface area contributed by atoms with Crippen LogP contribution in [-0.2, 0) is 6.54 Å². The zero-order chi connectivity index (χ0) is 14.7. The molecule has 1 fully saturated rings. The molecule has 1 saturated carbocycles. The van der Waals surface area contributed by atoms with Gasteiger partial charge in [-0.05, 0) is 48.1 Å². The zero-order valence-corrected chi connectivity index (χ0v) is 13.6. The van der Waals surface area contributed by atoms with Gasteiger partial charge in [0, 0.05) is 22.4 Å². The molecule has 0 saturated heterocycles. The molecule has 2 aromatic carbocycles. The largest absolute Gasteiger partial charge is 0.310 e. The van der Waals surface area contributed by atoms with Gasteiger partial charge in [0.05, 0.1) is 0 Å². The molecule has 0 unspecified atom stereocenters. The van der Waals surface area contributed by atoms with Crippen molar-refractivity contribution in [2.75, 3.05) is 0 Å². The molecule has 0 heterocycles. The van der Waals surface area contributed by atoms with Gasteiger partial charge >= 0.3 is 0 Å². The van der Waals surface area contributed by atoms with E-state index in [4.69, 9.17) is 0 Å². The van der Waals surface area contributed by atoms with Gasteiger partial charge < -0.3 is 5.32 Å². The van der Waals surface area contributed by atoms with Crippen molar-refractivity contribution in [2.24, 2.45) is 0 Å². The van der Waals surface area contributed by atoms with Crippen LogP contribution in [0.1, 0.15) is 43.7 Å². The summed E-state index contributed by atoms with van der Waals surface area (Å²) in [6.07, 6.45) is 2.68. The lowest BCUT2D eigenvalue weighted by atomic mass is 10.0. The van der Waals surface area contributed by atoms with E-state index >= 15 is 0 Å². The number of nitrogens with one attached hydrogen (secondary N) is 1. The van der Waals surface area contributed by atoms with E-state index < -0.39 is 0 Å². The number of hydrogen-bond acceptors (Lipinski definition) is 2. The van der Waals surface area contributed by atoms with Gasteiger partial charge in [-0.15, -0.1) is 0 Å². The van der Waals surface area contributed by atoms with Crippen molar-refractivity contribution in [2.45, 2.75) is 55.0 Å². The molecular formula is C19H23NS. The monoisotopic (exact) mass is 297 g/mol. The van der Waals surface area contributed by atoms with Crippen molar-refractivity contribution in [1.29, 1.82) is 0 Å². The van der Waals surface area contributed by atoms with Crippen LogP contribution < -0.4 is 5.32 Å². The van der Waals surface area contributed by atoms with Crippen LogP contribution in [0.25, 0.3) is 0 Å². The van der Waals surface area contributed by atoms with E-state index in [1.807, 2.05) is 11.8 Å². The van der Waals surface area contributed by atoms with Crippen molar-refractivity contribution >= 4 is 11.8 Å². The van der Waals surface area contributed by atoms with E-state index in [0.717, 1.165) is 12.6 Å². The average Bonchev–Trinajstić information content (AvgIpc) is 3.31. The van der Waals surface area contributed by atoms with Crippen molar-refractivity contribution in [3.8, 4) is 0 Å². The third-order valence-corrected chi connectivity index (χ3v) is 5.03. The van der Waals surface area contributed by atoms with Gasteiger partial charge in [-0.25, -0.2) is 0 Å². The number of rotatable bonds is 6. The Bertz CT molecular complexity index is 585. The quantitative estimate of drug-likeness (QED) is 0.785. The summed E-state index contributed by atoms with van der Waals surface area (Å²) in [6, 6.07) is 18.5. The highest BCUT2D eigenvalue weighted by Gasteiger charge is 2.20. The molecule has 0 amide bonds. The van der Waals surface area contributed by atoms with Crippen LogP contribution in [0.5, 0.6) is 0 Å². The zero-order valence-electron chi connectivity index (χ0n) is 12.8. The Labute approximate surface area is 132 Å². The van der Waals surface area contributed by atoms with Gasteiger partial charge in [-0.2, -0.15) is 0 Å². The molecule has 0 radical (unpaired) electrons. The second-order valence-electron chi connectivity index (χ2n) is 6.09. The second kappa shape index (κ2) is 6.67. The Morgan fingerprint density at radius 2 is 1.76 bits per heavy atom. The van der Waals surface area contributed by atoms with Crippen LogP contribution in [0.15, 0.2) is 58.3 Å². The summed E-state index contributed by atoms with van der Waals surface area (Å²) in [7, 11) is 0. The van der Waals surface area contributed by atoms with Crippen LogP contribution >= 0.6 is 11.8 Å². The Balaban J connectivity index is 1.70.